The van der Waals surface area contributed by atoms with Crippen molar-refractivity contribution < 1.29 is 0 Å². The van der Waals surface area contributed by atoms with E-state index in [2.05, 4.69) is 63.8 Å². The predicted octanol–water partition coefficient (Wildman–Crippen LogP) is 1.89. The third-order valence-electron chi connectivity index (χ3n) is 3.26. The van der Waals surface area contributed by atoms with E-state index >= 15 is 0 Å². The van der Waals surface area contributed by atoms with E-state index in [0.29, 0.717) is 12.1 Å². The summed E-state index contributed by atoms with van der Waals surface area (Å²) in [6.07, 6.45) is 0. The standard InChI is InChI=1S/C14H33N3/c1-8-15-13(4)14(5)17(11-12(2)3)10-9-16(6)7/h12-15H,8-11H2,1-7H3. The highest BCUT2D eigenvalue weighted by molar-refractivity contribution is 4.78. The molecule has 3 nitrogen and oxygen atoms in total. The molecule has 0 rings (SSSR count). The van der Waals surface area contributed by atoms with Gasteiger partial charge >= 0.3 is 0 Å². The van der Waals surface area contributed by atoms with Crippen LogP contribution in [0.4, 0.5) is 0 Å². The van der Waals surface area contributed by atoms with E-state index < -0.39 is 0 Å². The van der Waals surface area contributed by atoms with Gasteiger partial charge in [0.15, 0.2) is 0 Å². The summed E-state index contributed by atoms with van der Waals surface area (Å²) >= 11 is 0. The molecule has 0 amide bonds. The minimum absolute atomic E-state index is 0.556. The van der Waals surface area contributed by atoms with Gasteiger partial charge in [-0.3, -0.25) is 4.90 Å². The molecule has 104 valence electrons. The van der Waals surface area contributed by atoms with Crippen molar-refractivity contribution in [3.05, 3.63) is 0 Å². The van der Waals surface area contributed by atoms with Gasteiger partial charge in [0, 0.05) is 31.7 Å². The lowest BCUT2D eigenvalue weighted by molar-refractivity contribution is 0.145. The van der Waals surface area contributed by atoms with Gasteiger partial charge in [-0.05, 0) is 40.4 Å². The van der Waals surface area contributed by atoms with E-state index in [1.54, 1.807) is 0 Å². The second-order valence-corrected chi connectivity index (χ2v) is 5.78. The van der Waals surface area contributed by atoms with Gasteiger partial charge < -0.3 is 10.2 Å². The summed E-state index contributed by atoms with van der Waals surface area (Å²) < 4.78 is 0. The quantitative estimate of drug-likeness (QED) is 0.667. The summed E-state index contributed by atoms with van der Waals surface area (Å²) in [6, 6.07) is 1.15. The molecular weight excluding hydrogens is 210 g/mol. The summed E-state index contributed by atoms with van der Waals surface area (Å²) in [5.74, 6) is 0.730. The van der Waals surface area contributed by atoms with Crippen molar-refractivity contribution in [3.8, 4) is 0 Å². The number of rotatable bonds is 9. The molecule has 0 aliphatic heterocycles. The Hall–Kier alpha value is -0.120. The Kier molecular flexibility index (Phi) is 8.83. The molecule has 0 heterocycles. The molecule has 0 aromatic heterocycles. The van der Waals surface area contributed by atoms with E-state index in [1.165, 1.54) is 6.54 Å². The molecule has 3 heteroatoms. The molecule has 0 aromatic carbocycles. The Morgan fingerprint density at radius 1 is 1.00 bits per heavy atom. The number of likely N-dealkylation sites (N-methyl/N-ethyl adjacent to an activating group) is 2. The van der Waals surface area contributed by atoms with Crippen molar-refractivity contribution in [2.75, 3.05) is 40.3 Å². The molecule has 17 heavy (non-hydrogen) atoms. The second-order valence-electron chi connectivity index (χ2n) is 5.78. The van der Waals surface area contributed by atoms with Crippen LogP contribution in [0.25, 0.3) is 0 Å². The summed E-state index contributed by atoms with van der Waals surface area (Å²) in [5.41, 5.74) is 0. The van der Waals surface area contributed by atoms with Crippen LogP contribution in [-0.2, 0) is 0 Å². The molecule has 0 saturated heterocycles. The normalized spacial score (nSPS) is 15.9. The van der Waals surface area contributed by atoms with Crippen LogP contribution >= 0.6 is 0 Å². The lowest BCUT2D eigenvalue weighted by Gasteiger charge is -2.35. The van der Waals surface area contributed by atoms with Crippen LogP contribution in [0.5, 0.6) is 0 Å². The minimum Gasteiger partial charge on any atom is -0.313 e. The molecule has 1 N–H and O–H groups in total. The van der Waals surface area contributed by atoms with Crippen LogP contribution in [0.15, 0.2) is 0 Å². The highest BCUT2D eigenvalue weighted by atomic mass is 15.2. The summed E-state index contributed by atoms with van der Waals surface area (Å²) in [7, 11) is 4.29. The van der Waals surface area contributed by atoms with Crippen LogP contribution in [0.2, 0.25) is 0 Å². The van der Waals surface area contributed by atoms with E-state index in [1.807, 2.05) is 0 Å². The minimum atomic E-state index is 0.556. The van der Waals surface area contributed by atoms with Gasteiger partial charge in [-0.15, -0.1) is 0 Å². The van der Waals surface area contributed by atoms with Crippen LogP contribution < -0.4 is 5.32 Å². The topological polar surface area (TPSA) is 18.5 Å². The Bertz CT molecular complexity index is 180. The van der Waals surface area contributed by atoms with Crippen molar-refractivity contribution in [3.63, 3.8) is 0 Å². The highest BCUT2D eigenvalue weighted by Gasteiger charge is 2.20. The number of nitrogens with zero attached hydrogens (tertiary/aromatic N) is 2. The lowest BCUT2D eigenvalue weighted by Crippen LogP contribution is -2.49. The van der Waals surface area contributed by atoms with Gasteiger partial charge in [0.05, 0.1) is 0 Å². The zero-order valence-corrected chi connectivity index (χ0v) is 13.0. The first kappa shape index (κ1) is 16.9. The maximum Gasteiger partial charge on any atom is 0.0219 e. The van der Waals surface area contributed by atoms with Crippen molar-refractivity contribution in [1.29, 1.82) is 0 Å². The van der Waals surface area contributed by atoms with Gasteiger partial charge in [0.2, 0.25) is 0 Å². The molecule has 0 bridgehead atoms. The van der Waals surface area contributed by atoms with Gasteiger partial charge in [-0.1, -0.05) is 20.8 Å². The Labute approximate surface area is 109 Å². The monoisotopic (exact) mass is 243 g/mol. The predicted molar refractivity (Wildman–Crippen MR) is 77.6 cm³/mol. The Morgan fingerprint density at radius 2 is 1.59 bits per heavy atom. The molecule has 0 aliphatic rings. The Morgan fingerprint density at radius 3 is 2.00 bits per heavy atom. The molecule has 0 radical (unpaired) electrons. The number of nitrogens with one attached hydrogen (secondary N) is 1. The van der Waals surface area contributed by atoms with Crippen molar-refractivity contribution >= 4 is 0 Å². The SMILES string of the molecule is CCNC(C)C(C)N(CCN(C)C)CC(C)C. The first-order valence-corrected chi connectivity index (χ1v) is 7.00. The van der Waals surface area contributed by atoms with Crippen LogP contribution in [0, 0.1) is 5.92 Å². The highest BCUT2D eigenvalue weighted by Crippen LogP contribution is 2.08. The first-order valence-electron chi connectivity index (χ1n) is 7.00. The molecule has 0 saturated carbocycles. The molecule has 0 aliphatic carbocycles. The molecule has 0 spiro atoms. The molecule has 2 atom stereocenters. The largest absolute Gasteiger partial charge is 0.313 e. The van der Waals surface area contributed by atoms with E-state index in [0.717, 1.165) is 25.6 Å². The van der Waals surface area contributed by atoms with Crippen molar-refractivity contribution in [2.45, 2.75) is 46.7 Å². The third-order valence-corrected chi connectivity index (χ3v) is 3.26. The summed E-state index contributed by atoms with van der Waals surface area (Å²) in [6.45, 7) is 15.9. The van der Waals surface area contributed by atoms with Crippen LogP contribution in [0.1, 0.15) is 34.6 Å². The van der Waals surface area contributed by atoms with Gasteiger partial charge in [0.25, 0.3) is 0 Å². The van der Waals surface area contributed by atoms with Gasteiger partial charge in [0.1, 0.15) is 0 Å². The summed E-state index contributed by atoms with van der Waals surface area (Å²) in [4.78, 5) is 4.87. The maximum atomic E-state index is 3.53. The maximum absolute atomic E-state index is 3.53. The van der Waals surface area contributed by atoms with Crippen LogP contribution in [0.3, 0.4) is 0 Å². The summed E-state index contributed by atoms with van der Waals surface area (Å²) in [5, 5.41) is 3.53. The molecule has 0 aromatic rings. The fraction of sp³-hybridized carbons (Fsp3) is 1.00. The average Bonchev–Trinajstić information content (AvgIpc) is 2.22. The fourth-order valence-corrected chi connectivity index (χ4v) is 2.07. The zero-order valence-electron chi connectivity index (χ0n) is 13.0. The van der Waals surface area contributed by atoms with Gasteiger partial charge in [-0.2, -0.15) is 0 Å². The first-order chi connectivity index (χ1) is 7.88. The molecule has 0 fully saturated rings. The van der Waals surface area contributed by atoms with E-state index in [4.69, 9.17) is 0 Å². The van der Waals surface area contributed by atoms with Crippen LogP contribution in [-0.4, -0.2) is 62.2 Å². The fourth-order valence-electron chi connectivity index (χ4n) is 2.07. The number of hydrogen-bond acceptors (Lipinski definition) is 3. The van der Waals surface area contributed by atoms with Crippen molar-refractivity contribution in [2.24, 2.45) is 5.92 Å². The number of hydrogen-bond donors (Lipinski definition) is 1. The van der Waals surface area contributed by atoms with Gasteiger partial charge in [-0.25, -0.2) is 0 Å². The zero-order chi connectivity index (χ0) is 13.4. The smallest absolute Gasteiger partial charge is 0.0219 e. The second kappa shape index (κ2) is 8.90. The molecule has 2 unspecified atom stereocenters. The average molecular weight is 243 g/mol. The third kappa shape index (κ3) is 7.74. The Balaban J connectivity index is 4.32. The molecular formula is C14H33N3. The lowest BCUT2D eigenvalue weighted by atomic mass is 10.1. The van der Waals surface area contributed by atoms with E-state index in [-0.39, 0.29) is 0 Å². The van der Waals surface area contributed by atoms with E-state index in [9.17, 15) is 0 Å². The van der Waals surface area contributed by atoms with Crippen molar-refractivity contribution in [1.82, 2.24) is 15.1 Å².